The first-order chi connectivity index (χ1) is 16.6. The maximum atomic E-state index is 13.1. The van der Waals surface area contributed by atoms with E-state index >= 15 is 0 Å². The molecular formula is C30H26N2O2. The standard InChI is InChI=1S/C30H26N2O2/c1-21-7-5-6-10-27(21)30(34)32-16-15-25-19-24(12-14-29(25)32)28-13-11-23(20-31-28)18-26(33)17-22-8-3-2-4-9-22/h2-14,19-20H,15-18H2,1H3. The molecule has 0 N–H and O–H groups in total. The molecule has 0 radical (unpaired) electrons. The van der Waals surface area contributed by atoms with Crippen molar-refractivity contribution >= 4 is 17.4 Å². The number of aromatic nitrogens is 1. The Morgan fingerprint density at radius 1 is 0.853 bits per heavy atom. The van der Waals surface area contributed by atoms with E-state index in [1.165, 1.54) is 0 Å². The molecule has 0 fully saturated rings. The molecular weight excluding hydrogens is 420 g/mol. The van der Waals surface area contributed by atoms with Gasteiger partial charge in [0.25, 0.3) is 5.91 Å². The van der Waals surface area contributed by atoms with Crippen molar-refractivity contribution < 1.29 is 9.59 Å². The predicted octanol–water partition coefficient (Wildman–Crippen LogP) is 5.61. The van der Waals surface area contributed by atoms with Crippen LogP contribution in [0.5, 0.6) is 0 Å². The second-order valence-corrected chi connectivity index (χ2v) is 8.79. The number of carbonyl (C=O) groups is 2. The summed E-state index contributed by atoms with van der Waals surface area (Å²) in [6, 6.07) is 27.6. The van der Waals surface area contributed by atoms with Crippen molar-refractivity contribution in [1.29, 1.82) is 0 Å². The van der Waals surface area contributed by atoms with Gasteiger partial charge in [0.15, 0.2) is 0 Å². The van der Waals surface area contributed by atoms with Gasteiger partial charge in [-0.05, 0) is 59.9 Å². The number of amides is 1. The molecule has 1 aromatic heterocycles. The van der Waals surface area contributed by atoms with Gasteiger partial charge in [-0.15, -0.1) is 0 Å². The summed E-state index contributed by atoms with van der Waals surface area (Å²) >= 11 is 0. The molecule has 0 unspecified atom stereocenters. The normalized spacial score (nSPS) is 12.4. The van der Waals surface area contributed by atoms with Crippen LogP contribution < -0.4 is 4.90 Å². The average molecular weight is 447 g/mol. The number of hydrogen-bond donors (Lipinski definition) is 0. The molecule has 2 heterocycles. The SMILES string of the molecule is Cc1ccccc1C(=O)N1CCc2cc(-c3ccc(CC(=O)Cc4ccccc4)cn3)ccc21. The highest BCUT2D eigenvalue weighted by Crippen LogP contribution is 2.33. The van der Waals surface area contributed by atoms with E-state index in [1.807, 2.05) is 90.7 Å². The third-order valence-corrected chi connectivity index (χ3v) is 6.36. The molecule has 4 aromatic rings. The number of fused-ring (bicyclic) bond motifs is 1. The Morgan fingerprint density at radius 2 is 1.62 bits per heavy atom. The number of rotatable bonds is 6. The molecule has 0 atom stereocenters. The van der Waals surface area contributed by atoms with Crippen molar-refractivity contribution in [3.63, 3.8) is 0 Å². The van der Waals surface area contributed by atoms with Crippen molar-refractivity contribution in [1.82, 2.24) is 4.98 Å². The highest BCUT2D eigenvalue weighted by molar-refractivity contribution is 6.08. The molecule has 4 nitrogen and oxygen atoms in total. The maximum Gasteiger partial charge on any atom is 0.258 e. The second-order valence-electron chi connectivity index (χ2n) is 8.79. The summed E-state index contributed by atoms with van der Waals surface area (Å²) in [6.45, 7) is 2.65. The van der Waals surface area contributed by atoms with Gasteiger partial charge >= 0.3 is 0 Å². The van der Waals surface area contributed by atoms with E-state index in [9.17, 15) is 9.59 Å². The number of pyridine rings is 1. The molecule has 34 heavy (non-hydrogen) atoms. The molecule has 0 saturated heterocycles. The average Bonchev–Trinajstić information content (AvgIpc) is 3.28. The number of anilines is 1. The minimum atomic E-state index is 0.0484. The van der Waals surface area contributed by atoms with Crippen LogP contribution in [0, 0.1) is 6.92 Å². The van der Waals surface area contributed by atoms with Crippen LogP contribution in [-0.4, -0.2) is 23.2 Å². The zero-order valence-corrected chi connectivity index (χ0v) is 19.2. The molecule has 0 aliphatic carbocycles. The largest absolute Gasteiger partial charge is 0.308 e. The molecule has 0 bridgehead atoms. The molecule has 168 valence electrons. The van der Waals surface area contributed by atoms with Crippen LogP contribution in [0.1, 0.15) is 32.6 Å². The van der Waals surface area contributed by atoms with E-state index in [-0.39, 0.29) is 11.7 Å². The summed E-state index contributed by atoms with van der Waals surface area (Å²) in [7, 11) is 0. The molecule has 1 aliphatic heterocycles. The van der Waals surface area contributed by atoms with Crippen molar-refractivity contribution in [2.75, 3.05) is 11.4 Å². The van der Waals surface area contributed by atoms with Crippen molar-refractivity contribution in [2.45, 2.75) is 26.2 Å². The lowest BCUT2D eigenvalue weighted by atomic mass is 10.0. The van der Waals surface area contributed by atoms with Gasteiger partial charge in [0.05, 0.1) is 5.69 Å². The van der Waals surface area contributed by atoms with E-state index in [0.29, 0.717) is 19.4 Å². The number of Topliss-reactive ketones (excluding diaryl/α,β-unsaturated/α-hetero) is 1. The Labute approximate surface area is 199 Å². The number of nitrogens with zero attached hydrogens (tertiary/aromatic N) is 2. The third-order valence-electron chi connectivity index (χ3n) is 6.36. The second kappa shape index (κ2) is 9.44. The highest BCUT2D eigenvalue weighted by Gasteiger charge is 2.26. The first kappa shape index (κ1) is 21.8. The monoisotopic (exact) mass is 446 g/mol. The van der Waals surface area contributed by atoms with Gasteiger partial charge in [-0.3, -0.25) is 14.6 Å². The summed E-state index contributed by atoms with van der Waals surface area (Å²) < 4.78 is 0. The van der Waals surface area contributed by atoms with Crippen molar-refractivity contribution in [3.8, 4) is 11.3 Å². The van der Waals surface area contributed by atoms with Crippen LogP contribution in [0.25, 0.3) is 11.3 Å². The predicted molar refractivity (Wildman–Crippen MR) is 135 cm³/mol. The van der Waals surface area contributed by atoms with E-state index in [2.05, 4.69) is 11.1 Å². The van der Waals surface area contributed by atoms with Gasteiger partial charge in [-0.1, -0.05) is 60.7 Å². The lowest BCUT2D eigenvalue weighted by Gasteiger charge is -2.18. The minimum absolute atomic E-state index is 0.0484. The zero-order valence-electron chi connectivity index (χ0n) is 19.2. The molecule has 0 saturated carbocycles. The maximum absolute atomic E-state index is 13.1. The minimum Gasteiger partial charge on any atom is -0.308 e. The fourth-order valence-electron chi connectivity index (χ4n) is 4.54. The van der Waals surface area contributed by atoms with E-state index in [1.54, 1.807) is 6.20 Å². The van der Waals surface area contributed by atoms with Crippen LogP contribution in [-0.2, 0) is 24.1 Å². The smallest absolute Gasteiger partial charge is 0.258 e. The van der Waals surface area contributed by atoms with E-state index in [0.717, 1.165) is 51.2 Å². The van der Waals surface area contributed by atoms with Crippen LogP contribution in [0.15, 0.2) is 91.1 Å². The van der Waals surface area contributed by atoms with Gasteiger partial charge in [0.1, 0.15) is 5.78 Å². The Morgan fingerprint density at radius 3 is 2.38 bits per heavy atom. The van der Waals surface area contributed by atoms with Crippen LogP contribution >= 0.6 is 0 Å². The van der Waals surface area contributed by atoms with Crippen LogP contribution in [0.3, 0.4) is 0 Å². The van der Waals surface area contributed by atoms with Gasteiger partial charge in [-0.25, -0.2) is 0 Å². The highest BCUT2D eigenvalue weighted by atomic mass is 16.2. The third kappa shape index (κ3) is 4.53. The molecule has 4 heteroatoms. The first-order valence-electron chi connectivity index (χ1n) is 11.6. The number of carbonyl (C=O) groups excluding carboxylic acids is 2. The Balaban J connectivity index is 1.29. The Hall–Kier alpha value is -4.05. The summed E-state index contributed by atoms with van der Waals surface area (Å²) in [4.78, 5) is 32.0. The lowest BCUT2D eigenvalue weighted by Crippen LogP contribution is -2.29. The van der Waals surface area contributed by atoms with Gasteiger partial charge in [0.2, 0.25) is 0 Å². The number of ketones is 1. The fraction of sp³-hybridized carbons (Fsp3) is 0.167. The Kier molecular flexibility index (Phi) is 6.05. The van der Waals surface area contributed by atoms with Gasteiger partial charge in [-0.2, -0.15) is 0 Å². The number of benzene rings is 3. The summed E-state index contributed by atoms with van der Waals surface area (Å²) in [5.74, 6) is 0.226. The summed E-state index contributed by atoms with van der Waals surface area (Å²) in [6.07, 6.45) is 3.43. The quantitative estimate of drug-likeness (QED) is 0.387. The van der Waals surface area contributed by atoms with Crippen molar-refractivity contribution in [2.24, 2.45) is 0 Å². The zero-order chi connectivity index (χ0) is 23.5. The number of aryl methyl sites for hydroxylation is 1. The van der Waals surface area contributed by atoms with E-state index < -0.39 is 0 Å². The number of hydrogen-bond acceptors (Lipinski definition) is 3. The first-order valence-corrected chi connectivity index (χ1v) is 11.6. The molecule has 0 spiro atoms. The topological polar surface area (TPSA) is 50.3 Å². The van der Waals surface area contributed by atoms with Crippen LogP contribution in [0.2, 0.25) is 0 Å². The van der Waals surface area contributed by atoms with Gasteiger partial charge < -0.3 is 4.90 Å². The van der Waals surface area contributed by atoms with Crippen LogP contribution in [0.4, 0.5) is 5.69 Å². The lowest BCUT2D eigenvalue weighted by molar-refractivity contribution is -0.117. The van der Waals surface area contributed by atoms with E-state index in [4.69, 9.17) is 0 Å². The molecule has 3 aromatic carbocycles. The molecule has 5 rings (SSSR count). The van der Waals surface area contributed by atoms with Crippen molar-refractivity contribution in [3.05, 3.63) is 119 Å². The van der Waals surface area contributed by atoms with Gasteiger partial charge in [0, 0.05) is 42.4 Å². The molecule has 1 amide bonds. The molecule has 1 aliphatic rings. The summed E-state index contributed by atoms with van der Waals surface area (Å²) in [5, 5.41) is 0. The fourth-order valence-corrected chi connectivity index (χ4v) is 4.54. The Bertz CT molecular complexity index is 1340. The summed E-state index contributed by atoms with van der Waals surface area (Å²) in [5.41, 5.74) is 7.70.